The Kier molecular flexibility index (Phi) is 4.42. The van der Waals surface area contributed by atoms with E-state index in [9.17, 15) is 0 Å². The summed E-state index contributed by atoms with van der Waals surface area (Å²) in [7, 11) is 1.97. The first-order valence-corrected chi connectivity index (χ1v) is 6.62. The lowest BCUT2D eigenvalue weighted by atomic mass is 9.96. The van der Waals surface area contributed by atoms with Crippen LogP contribution in [-0.2, 0) is 11.3 Å². The second kappa shape index (κ2) is 5.85. The van der Waals surface area contributed by atoms with Crippen LogP contribution in [-0.4, -0.2) is 30.0 Å². The smallest absolute Gasteiger partial charge is 0.0834 e. The molecule has 2 unspecified atom stereocenters. The molecule has 1 N–H and O–H groups in total. The molecule has 2 rings (SSSR count). The number of nitrogens with zero attached hydrogens (tertiary/aromatic N) is 2. The monoisotopic (exact) mass is 257 g/mol. The molecule has 0 aliphatic carbocycles. The molecule has 0 aromatic carbocycles. The lowest BCUT2D eigenvalue weighted by molar-refractivity contribution is 0.176. The van der Waals surface area contributed by atoms with Crippen LogP contribution < -0.4 is 5.32 Å². The van der Waals surface area contributed by atoms with Gasteiger partial charge in [0.25, 0.3) is 0 Å². The zero-order valence-corrected chi connectivity index (χ0v) is 11.2. The maximum atomic E-state index is 6.27. The lowest BCUT2D eigenvalue weighted by Gasteiger charge is -2.23. The third-order valence-corrected chi connectivity index (χ3v) is 3.60. The average Bonchev–Trinajstić information content (AvgIpc) is 2.94. The fourth-order valence-corrected chi connectivity index (χ4v) is 2.74. The van der Waals surface area contributed by atoms with Gasteiger partial charge in [0, 0.05) is 19.1 Å². The van der Waals surface area contributed by atoms with Crippen LogP contribution in [0.3, 0.4) is 0 Å². The quantitative estimate of drug-likeness (QED) is 0.879. The van der Waals surface area contributed by atoms with Crippen molar-refractivity contribution in [1.82, 2.24) is 15.1 Å². The Morgan fingerprint density at radius 2 is 2.53 bits per heavy atom. The predicted molar refractivity (Wildman–Crippen MR) is 68.3 cm³/mol. The summed E-state index contributed by atoms with van der Waals surface area (Å²) in [5.74, 6) is 0.491. The van der Waals surface area contributed by atoms with E-state index in [1.807, 2.05) is 11.7 Å². The van der Waals surface area contributed by atoms with E-state index in [4.69, 9.17) is 16.3 Å². The van der Waals surface area contributed by atoms with Crippen molar-refractivity contribution in [2.45, 2.75) is 32.4 Å². The van der Waals surface area contributed by atoms with Crippen LogP contribution in [0.5, 0.6) is 0 Å². The Morgan fingerprint density at radius 1 is 1.71 bits per heavy atom. The molecule has 0 spiro atoms. The molecular weight excluding hydrogens is 238 g/mol. The van der Waals surface area contributed by atoms with Gasteiger partial charge < -0.3 is 10.1 Å². The van der Waals surface area contributed by atoms with Gasteiger partial charge in [-0.3, -0.25) is 4.68 Å². The van der Waals surface area contributed by atoms with Crippen LogP contribution >= 0.6 is 11.6 Å². The number of hydrogen-bond donors (Lipinski definition) is 1. The van der Waals surface area contributed by atoms with Gasteiger partial charge in [-0.25, -0.2) is 0 Å². The molecule has 1 aromatic heterocycles. The Balaban J connectivity index is 2.25. The van der Waals surface area contributed by atoms with Crippen LogP contribution in [0.4, 0.5) is 0 Å². The number of ether oxygens (including phenoxy) is 1. The summed E-state index contributed by atoms with van der Waals surface area (Å²) in [6.07, 6.45) is 3.88. The van der Waals surface area contributed by atoms with Crippen LogP contribution in [0.25, 0.3) is 0 Å². The van der Waals surface area contributed by atoms with Crippen LogP contribution in [0, 0.1) is 5.92 Å². The van der Waals surface area contributed by atoms with E-state index in [2.05, 4.69) is 17.3 Å². The normalized spacial score (nSPS) is 21.9. The molecule has 1 aliphatic heterocycles. The number of halogens is 1. The van der Waals surface area contributed by atoms with Gasteiger partial charge in [0.15, 0.2) is 0 Å². The van der Waals surface area contributed by atoms with Crippen molar-refractivity contribution in [1.29, 1.82) is 0 Å². The third-order valence-electron chi connectivity index (χ3n) is 3.31. The maximum Gasteiger partial charge on any atom is 0.0834 e. The standard InChI is InChI=1S/C12H20ClN3O/c1-3-5-16-12(10(13)7-15-16)11(14-2)9-4-6-17-8-9/h7,9,11,14H,3-6,8H2,1-2H3. The van der Waals surface area contributed by atoms with Crippen molar-refractivity contribution in [2.75, 3.05) is 20.3 Å². The van der Waals surface area contributed by atoms with Crippen molar-refractivity contribution in [3.05, 3.63) is 16.9 Å². The van der Waals surface area contributed by atoms with Crippen molar-refractivity contribution >= 4 is 11.6 Å². The minimum absolute atomic E-state index is 0.235. The van der Waals surface area contributed by atoms with E-state index < -0.39 is 0 Å². The highest BCUT2D eigenvalue weighted by Crippen LogP contribution is 2.32. The largest absolute Gasteiger partial charge is 0.381 e. The van der Waals surface area contributed by atoms with Crippen molar-refractivity contribution in [3.63, 3.8) is 0 Å². The van der Waals surface area contributed by atoms with Gasteiger partial charge in [-0.2, -0.15) is 5.10 Å². The van der Waals surface area contributed by atoms with Crippen molar-refractivity contribution in [3.8, 4) is 0 Å². The molecule has 0 saturated carbocycles. The minimum atomic E-state index is 0.235. The molecule has 17 heavy (non-hydrogen) atoms. The predicted octanol–water partition coefficient (Wildman–Crippen LogP) is 2.24. The molecule has 0 amide bonds. The number of hydrogen-bond acceptors (Lipinski definition) is 3. The molecule has 1 aromatic rings. The zero-order chi connectivity index (χ0) is 12.3. The summed E-state index contributed by atoms with van der Waals surface area (Å²) in [5.41, 5.74) is 1.10. The van der Waals surface area contributed by atoms with Gasteiger partial charge in [-0.15, -0.1) is 0 Å². The summed E-state index contributed by atoms with van der Waals surface area (Å²) < 4.78 is 7.48. The summed E-state index contributed by atoms with van der Waals surface area (Å²) >= 11 is 6.27. The van der Waals surface area contributed by atoms with Crippen LogP contribution in [0.2, 0.25) is 5.02 Å². The number of rotatable bonds is 5. The zero-order valence-electron chi connectivity index (χ0n) is 10.4. The molecule has 1 saturated heterocycles. The highest BCUT2D eigenvalue weighted by Gasteiger charge is 2.30. The third kappa shape index (κ3) is 2.64. The van der Waals surface area contributed by atoms with E-state index in [0.29, 0.717) is 5.92 Å². The Labute approximate surface area is 107 Å². The number of aromatic nitrogens is 2. The molecule has 1 aliphatic rings. The van der Waals surface area contributed by atoms with E-state index in [1.165, 1.54) is 0 Å². The molecule has 5 heteroatoms. The first kappa shape index (κ1) is 12.9. The van der Waals surface area contributed by atoms with Crippen LogP contribution in [0.1, 0.15) is 31.5 Å². The Hall–Kier alpha value is -0.580. The minimum Gasteiger partial charge on any atom is -0.381 e. The maximum absolute atomic E-state index is 6.27. The number of aryl methyl sites for hydroxylation is 1. The summed E-state index contributed by atoms with van der Waals surface area (Å²) in [6, 6.07) is 0.235. The van der Waals surface area contributed by atoms with Gasteiger partial charge >= 0.3 is 0 Å². The molecule has 1 fully saturated rings. The second-order valence-corrected chi connectivity index (χ2v) is 4.90. The number of nitrogens with one attached hydrogen (secondary N) is 1. The van der Waals surface area contributed by atoms with E-state index >= 15 is 0 Å². The first-order chi connectivity index (χ1) is 8.27. The topological polar surface area (TPSA) is 39.1 Å². The highest BCUT2D eigenvalue weighted by atomic mass is 35.5. The van der Waals surface area contributed by atoms with E-state index in [0.717, 1.165) is 43.3 Å². The average molecular weight is 258 g/mol. The molecule has 2 atom stereocenters. The van der Waals surface area contributed by atoms with Gasteiger partial charge in [0.1, 0.15) is 0 Å². The van der Waals surface area contributed by atoms with Crippen molar-refractivity contribution in [2.24, 2.45) is 5.92 Å². The van der Waals surface area contributed by atoms with E-state index in [-0.39, 0.29) is 6.04 Å². The fourth-order valence-electron chi connectivity index (χ4n) is 2.48. The van der Waals surface area contributed by atoms with Gasteiger partial charge in [-0.1, -0.05) is 18.5 Å². The fraction of sp³-hybridized carbons (Fsp3) is 0.750. The Bertz CT molecular complexity index is 361. The highest BCUT2D eigenvalue weighted by molar-refractivity contribution is 6.31. The SMILES string of the molecule is CCCn1ncc(Cl)c1C(NC)C1CCOC1. The summed E-state index contributed by atoms with van der Waals surface area (Å²) in [4.78, 5) is 0. The second-order valence-electron chi connectivity index (χ2n) is 4.49. The molecule has 4 nitrogen and oxygen atoms in total. The molecule has 96 valence electrons. The molecule has 0 bridgehead atoms. The van der Waals surface area contributed by atoms with Gasteiger partial charge in [-0.05, 0) is 19.9 Å². The molecule has 2 heterocycles. The summed E-state index contributed by atoms with van der Waals surface area (Å²) in [5, 5.41) is 8.46. The first-order valence-electron chi connectivity index (χ1n) is 6.24. The molecular formula is C12H20ClN3O. The van der Waals surface area contributed by atoms with Gasteiger partial charge in [0.05, 0.1) is 29.6 Å². The van der Waals surface area contributed by atoms with E-state index in [1.54, 1.807) is 6.20 Å². The Morgan fingerprint density at radius 3 is 3.12 bits per heavy atom. The van der Waals surface area contributed by atoms with Gasteiger partial charge in [0.2, 0.25) is 0 Å². The van der Waals surface area contributed by atoms with Crippen LogP contribution in [0.15, 0.2) is 6.20 Å². The molecule has 0 radical (unpaired) electrons. The van der Waals surface area contributed by atoms with Crippen molar-refractivity contribution < 1.29 is 4.74 Å². The lowest BCUT2D eigenvalue weighted by Crippen LogP contribution is -2.28. The summed E-state index contributed by atoms with van der Waals surface area (Å²) in [6.45, 7) is 4.71.